The van der Waals surface area contributed by atoms with E-state index in [1.165, 1.54) is 51.5 Å². The fraction of sp³-hybridized carbons (Fsp3) is 0.938. The first-order valence-electron chi connectivity index (χ1n) is 7.76. The molecule has 0 bridgehead atoms. The number of rotatable bonds is 9. The third-order valence-electron chi connectivity index (χ3n) is 4.15. The number of nitrogens with one attached hydrogen (secondary N) is 1. The van der Waals surface area contributed by atoms with Gasteiger partial charge < -0.3 is 5.32 Å². The van der Waals surface area contributed by atoms with Gasteiger partial charge in [0.25, 0.3) is 0 Å². The molecule has 0 aromatic carbocycles. The van der Waals surface area contributed by atoms with Crippen molar-refractivity contribution >= 4 is 0 Å². The van der Waals surface area contributed by atoms with Crippen LogP contribution >= 0.6 is 0 Å². The summed E-state index contributed by atoms with van der Waals surface area (Å²) in [5, 5.41) is 12.4. The molecule has 1 aliphatic carbocycles. The molecule has 1 fully saturated rings. The molecular weight excluding hydrogens is 220 g/mol. The Balaban J connectivity index is 1.83. The van der Waals surface area contributed by atoms with Crippen LogP contribution in [-0.4, -0.2) is 13.1 Å². The maximum absolute atomic E-state index is 8.90. The molecule has 1 N–H and O–H groups in total. The molecule has 0 unspecified atom stereocenters. The summed E-state index contributed by atoms with van der Waals surface area (Å²) in [4.78, 5) is 0. The standard InChI is InChI=1S/C16H30N2/c1-16(2,14-17)11-5-6-12-18-13-7-10-15-8-3-4-9-15/h15,18H,3-13H2,1-2H3. The largest absolute Gasteiger partial charge is 0.317 e. The van der Waals surface area contributed by atoms with Gasteiger partial charge in [0.2, 0.25) is 0 Å². The monoisotopic (exact) mass is 250 g/mol. The van der Waals surface area contributed by atoms with Gasteiger partial charge in [0.15, 0.2) is 0 Å². The van der Waals surface area contributed by atoms with Gasteiger partial charge in [-0.25, -0.2) is 0 Å². The van der Waals surface area contributed by atoms with E-state index in [1.54, 1.807) is 0 Å². The lowest BCUT2D eigenvalue weighted by atomic mass is 9.89. The number of unbranched alkanes of at least 4 members (excludes halogenated alkanes) is 1. The van der Waals surface area contributed by atoms with E-state index in [0.717, 1.165) is 25.3 Å². The molecule has 2 nitrogen and oxygen atoms in total. The highest BCUT2D eigenvalue weighted by Crippen LogP contribution is 2.28. The molecule has 2 heteroatoms. The first-order valence-corrected chi connectivity index (χ1v) is 7.76. The fourth-order valence-electron chi connectivity index (χ4n) is 2.81. The van der Waals surface area contributed by atoms with Crippen LogP contribution in [0.5, 0.6) is 0 Å². The molecule has 0 aliphatic heterocycles. The van der Waals surface area contributed by atoms with Crippen LogP contribution in [-0.2, 0) is 0 Å². The van der Waals surface area contributed by atoms with Crippen molar-refractivity contribution in [1.29, 1.82) is 5.26 Å². The van der Waals surface area contributed by atoms with Crippen LogP contribution in [0.2, 0.25) is 0 Å². The molecule has 0 saturated heterocycles. The molecule has 104 valence electrons. The Hall–Kier alpha value is -0.550. The van der Waals surface area contributed by atoms with E-state index in [4.69, 9.17) is 5.26 Å². The molecule has 1 saturated carbocycles. The second-order valence-electron chi connectivity index (χ2n) is 6.50. The van der Waals surface area contributed by atoms with Crippen LogP contribution in [0.3, 0.4) is 0 Å². The zero-order valence-corrected chi connectivity index (χ0v) is 12.3. The van der Waals surface area contributed by atoms with Gasteiger partial charge in [-0.3, -0.25) is 0 Å². The Morgan fingerprint density at radius 2 is 1.78 bits per heavy atom. The van der Waals surface area contributed by atoms with Gasteiger partial charge in [-0.1, -0.05) is 32.1 Å². The van der Waals surface area contributed by atoms with Crippen molar-refractivity contribution in [3.63, 3.8) is 0 Å². The van der Waals surface area contributed by atoms with E-state index in [-0.39, 0.29) is 5.41 Å². The Bertz CT molecular complexity index is 246. The first-order chi connectivity index (χ1) is 8.64. The van der Waals surface area contributed by atoms with Crippen LogP contribution in [0, 0.1) is 22.7 Å². The van der Waals surface area contributed by atoms with Gasteiger partial charge in [0, 0.05) is 0 Å². The number of hydrogen-bond acceptors (Lipinski definition) is 2. The summed E-state index contributed by atoms with van der Waals surface area (Å²) in [5.41, 5.74) is -0.136. The van der Waals surface area contributed by atoms with E-state index in [0.29, 0.717) is 0 Å². The minimum atomic E-state index is -0.136. The summed E-state index contributed by atoms with van der Waals surface area (Å²) in [5.74, 6) is 1.03. The van der Waals surface area contributed by atoms with Crippen molar-refractivity contribution in [1.82, 2.24) is 5.32 Å². The van der Waals surface area contributed by atoms with Gasteiger partial charge in [0.05, 0.1) is 11.5 Å². The summed E-state index contributed by atoms with van der Waals surface area (Å²) in [6, 6.07) is 2.36. The molecule has 0 aromatic heterocycles. The second-order valence-corrected chi connectivity index (χ2v) is 6.50. The zero-order valence-electron chi connectivity index (χ0n) is 12.3. The summed E-state index contributed by atoms with van der Waals surface area (Å²) in [6.07, 6.45) is 12.0. The van der Waals surface area contributed by atoms with Gasteiger partial charge in [-0.05, 0) is 58.5 Å². The molecular formula is C16H30N2. The van der Waals surface area contributed by atoms with Crippen molar-refractivity contribution in [3.05, 3.63) is 0 Å². The van der Waals surface area contributed by atoms with Crippen molar-refractivity contribution in [2.45, 2.75) is 71.6 Å². The van der Waals surface area contributed by atoms with Gasteiger partial charge >= 0.3 is 0 Å². The van der Waals surface area contributed by atoms with E-state index in [2.05, 4.69) is 11.4 Å². The van der Waals surface area contributed by atoms with Crippen LogP contribution in [0.15, 0.2) is 0 Å². The third kappa shape index (κ3) is 7.01. The second kappa shape index (κ2) is 8.53. The quantitative estimate of drug-likeness (QED) is 0.620. The van der Waals surface area contributed by atoms with Crippen LogP contribution in [0.25, 0.3) is 0 Å². The smallest absolute Gasteiger partial charge is 0.0683 e. The predicted molar refractivity (Wildman–Crippen MR) is 77.3 cm³/mol. The van der Waals surface area contributed by atoms with Crippen LogP contribution in [0.4, 0.5) is 0 Å². The minimum Gasteiger partial charge on any atom is -0.317 e. The van der Waals surface area contributed by atoms with E-state index >= 15 is 0 Å². The van der Waals surface area contributed by atoms with E-state index < -0.39 is 0 Å². The third-order valence-corrected chi connectivity index (χ3v) is 4.15. The van der Waals surface area contributed by atoms with Crippen LogP contribution in [0.1, 0.15) is 71.6 Å². The number of hydrogen-bond donors (Lipinski definition) is 1. The zero-order chi connectivity index (χ0) is 13.3. The Labute approximate surface area is 113 Å². The summed E-state index contributed by atoms with van der Waals surface area (Å²) in [7, 11) is 0. The number of nitrogens with zero attached hydrogens (tertiary/aromatic N) is 1. The highest BCUT2D eigenvalue weighted by molar-refractivity contribution is 4.91. The molecule has 1 aliphatic rings. The predicted octanol–water partition coefficient (Wildman–Crippen LogP) is 4.27. The Morgan fingerprint density at radius 3 is 2.44 bits per heavy atom. The van der Waals surface area contributed by atoms with E-state index in [9.17, 15) is 0 Å². The van der Waals surface area contributed by atoms with Crippen LogP contribution < -0.4 is 5.32 Å². The average Bonchev–Trinajstić information content (AvgIpc) is 2.85. The Kier molecular flexibility index (Phi) is 7.35. The topological polar surface area (TPSA) is 35.8 Å². The molecule has 0 spiro atoms. The maximum atomic E-state index is 8.90. The summed E-state index contributed by atoms with van der Waals surface area (Å²) < 4.78 is 0. The lowest BCUT2D eigenvalue weighted by Crippen LogP contribution is -2.18. The van der Waals surface area contributed by atoms with Gasteiger partial charge in [0.1, 0.15) is 0 Å². The van der Waals surface area contributed by atoms with Gasteiger partial charge in [-0.15, -0.1) is 0 Å². The molecule has 1 rings (SSSR count). The summed E-state index contributed by atoms with van der Waals surface area (Å²) >= 11 is 0. The maximum Gasteiger partial charge on any atom is 0.0683 e. The van der Waals surface area contributed by atoms with E-state index in [1.807, 2.05) is 13.8 Å². The van der Waals surface area contributed by atoms with Crippen molar-refractivity contribution in [2.75, 3.05) is 13.1 Å². The molecule has 0 aromatic rings. The lowest BCUT2D eigenvalue weighted by Gasteiger charge is -2.14. The Morgan fingerprint density at radius 1 is 1.11 bits per heavy atom. The fourth-order valence-corrected chi connectivity index (χ4v) is 2.81. The molecule has 0 amide bonds. The van der Waals surface area contributed by atoms with Gasteiger partial charge in [-0.2, -0.15) is 5.26 Å². The summed E-state index contributed by atoms with van der Waals surface area (Å²) in [6.45, 7) is 6.36. The normalized spacial score (nSPS) is 16.9. The highest BCUT2D eigenvalue weighted by atomic mass is 14.8. The van der Waals surface area contributed by atoms with Crippen molar-refractivity contribution in [2.24, 2.45) is 11.3 Å². The SMILES string of the molecule is CC(C)(C#N)CCCCNCCCC1CCCC1. The average molecular weight is 250 g/mol. The first kappa shape index (κ1) is 15.5. The lowest BCUT2D eigenvalue weighted by molar-refractivity contribution is 0.419. The highest BCUT2D eigenvalue weighted by Gasteiger charge is 2.15. The molecule has 0 atom stereocenters. The molecule has 18 heavy (non-hydrogen) atoms. The van der Waals surface area contributed by atoms with Crippen molar-refractivity contribution in [3.8, 4) is 6.07 Å². The van der Waals surface area contributed by atoms with Crippen molar-refractivity contribution < 1.29 is 0 Å². The minimum absolute atomic E-state index is 0.136. The number of nitriles is 1. The molecule has 0 radical (unpaired) electrons. The molecule has 0 heterocycles.